The van der Waals surface area contributed by atoms with Gasteiger partial charge in [-0.1, -0.05) is 36.4 Å². The highest BCUT2D eigenvalue weighted by atomic mass is 32.1. The van der Waals surface area contributed by atoms with Crippen LogP contribution in [-0.4, -0.2) is 15.9 Å². The van der Waals surface area contributed by atoms with Crippen LogP contribution in [0.25, 0.3) is 10.2 Å². The van der Waals surface area contributed by atoms with Crippen molar-refractivity contribution in [2.75, 3.05) is 0 Å². The van der Waals surface area contributed by atoms with Crippen LogP contribution in [0, 0.1) is 6.92 Å². The number of amides is 1. The average Bonchev–Trinajstić information content (AvgIpc) is 3.06. The Hall–Kier alpha value is -3.05. The maximum Gasteiger partial charge on any atom is 0.252 e. The van der Waals surface area contributed by atoms with E-state index in [1.165, 1.54) is 0 Å². The first kappa shape index (κ1) is 16.4. The van der Waals surface area contributed by atoms with Crippen LogP contribution in [0.4, 0.5) is 0 Å². The Morgan fingerprint density at radius 1 is 1.04 bits per heavy atom. The molecule has 0 saturated carbocycles. The summed E-state index contributed by atoms with van der Waals surface area (Å²) in [6.45, 7) is 1.97. The Morgan fingerprint density at radius 3 is 2.62 bits per heavy atom. The molecular formula is C21H17N3OS. The van der Waals surface area contributed by atoms with Crippen molar-refractivity contribution in [2.45, 2.75) is 13.0 Å². The van der Waals surface area contributed by atoms with Gasteiger partial charge in [-0.3, -0.25) is 9.78 Å². The van der Waals surface area contributed by atoms with Crippen LogP contribution in [0.5, 0.6) is 0 Å². The highest BCUT2D eigenvalue weighted by molar-refractivity contribution is 7.18. The zero-order valence-corrected chi connectivity index (χ0v) is 15.0. The molecule has 0 unspecified atom stereocenters. The third kappa shape index (κ3) is 3.34. The third-order valence-corrected chi connectivity index (χ3v) is 5.12. The van der Waals surface area contributed by atoms with Gasteiger partial charge in [-0.2, -0.15) is 0 Å². The number of thiazole rings is 1. The minimum atomic E-state index is -0.253. The van der Waals surface area contributed by atoms with Crippen molar-refractivity contribution in [3.8, 4) is 0 Å². The molecule has 5 heteroatoms. The monoisotopic (exact) mass is 359 g/mol. The summed E-state index contributed by atoms with van der Waals surface area (Å²) in [6, 6.07) is 19.1. The molecule has 0 fully saturated rings. The largest absolute Gasteiger partial charge is 0.341 e. The molecule has 4 nitrogen and oxygen atoms in total. The summed E-state index contributed by atoms with van der Waals surface area (Å²) in [5, 5.41) is 4.14. The van der Waals surface area contributed by atoms with E-state index >= 15 is 0 Å². The van der Waals surface area contributed by atoms with E-state index in [4.69, 9.17) is 0 Å². The van der Waals surface area contributed by atoms with Gasteiger partial charge in [0.25, 0.3) is 5.91 Å². The van der Waals surface area contributed by atoms with Crippen LogP contribution in [0.3, 0.4) is 0 Å². The van der Waals surface area contributed by atoms with Gasteiger partial charge in [0.2, 0.25) is 0 Å². The summed E-state index contributed by atoms with van der Waals surface area (Å²) in [5.74, 6) is -0.115. The highest BCUT2D eigenvalue weighted by Gasteiger charge is 2.18. The molecule has 2 aromatic heterocycles. The topological polar surface area (TPSA) is 54.9 Å². The van der Waals surface area contributed by atoms with E-state index in [1.807, 2.05) is 67.6 Å². The molecule has 0 saturated heterocycles. The van der Waals surface area contributed by atoms with Crippen molar-refractivity contribution in [3.63, 3.8) is 0 Å². The quantitative estimate of drug-likeness (QED) is 0.583. The minimum absolute atomic E-state index is 0.115. The number of nitrogens with one attached hydrogen (secondary N) is 1. The van der Waals surface area contributed by atoms with Crippen LogP contribution in [0.2, 0.25) is 0 Å². The maximum atomic E-state index is 12.9. The molecule has 4 aromatic rings. The molecule has 2 aromatic carbocycles. The molecule has 2 heterocycles. The SMILES string of the molecule is Cc1nc2ccc(C(=O)N[C@H](c3ccccc3)c3cccnc3)cc2s1. The first-order chi connectivity index (χ1) is 12.7. The van der Waals surface area contributed by atoms with Crippen LogP contribution >= 0.6 is 11.3 Å². The Bertz CT molecular complexity index is 1010. The molecular weight excluding hydrogens is 342 g/mol. The molecule has 26 heavy (non-hydrogen) atoms. The molecule has 4 rings (SSSR count). The van der Waals surface area contributed by atoms with Gasteiger partial charge >= 0.3 is 0 Å². The normalized spacial score (nSPS) is 12.0. The van der Waals surface area contributed by atoms with Gasteiger partial charge in [-0.25, -0.2) is 4.98 Å². The summed E-state index contributed by atoms with van der Waals surface area (Å²) < 4.78 is 1.02. The predicted molar refractivity (Wildman–Crippen MR) is 104 cm³/mol. The summed E-state index contributed by atoms with van der Waals surface area (Å²) in [5.41, 5.74) is 3.52. The fraction of sp³-hybridized carbons (Fsp3) is 0.0952. The number of hydrogen-bond acceptors (Lipinski definition) is 4. The summed E-state index contributed by atoms with van der Waals surface area (Å²) in [6.07, 6.45) is 3.52. The van der Waals surface area contributed by atoms with Crippen LogP contribution in [0.15, 0.2) is 73.1 Å². The number of pyridine rings is 1. The van der Waals surface area contributed by atoms with Gasteiger partial charge in [-0.05, 0) is 42.3 Å². The zero-order chi connectivity index (χ0) is 17.9. The van der Waals surface area contributed by atoms with Gasteiger partial charge in [0.15, 0.2) is 0 Å². The fourth-order valence-electron chi connectivity index (χ4n) is 2.95. The van der Waals surface area contributed by atoms with E-state index in [1.54, 1.807) is 23.7 Å². The summed E-state index contributed by atoms with van der Waals surface area (Å²) in [4.78, 5) is 21.6. The minimum Gasteiger partial charge on any atom is -0.341 e. The second-order valence-electron chi connectivity index (χ2n) is 6.02. The van der Waals surface area contributed by atoms with Crippen LogP contribution in [-0.2, 0) is 0 Å². The number of rotatable bonds is 4. The van der Waals surface area contributed by atoms with Gasteiger partial charge in [0.05, 0.1) is 21.3 Å². The molecule has 1 amide bonds. The van der Waals surface area contributed by atoms with E-state index < -0.39 is 0 Å². The molecule has 1 N–H and O–H groups in total. The van der Waals surface area contributed by atoms with Crippen molar-refractivity contribution in [2.24, 2.45) is 0 Å². The number of benzene rings is 2. The Balaban J connectivity index is 1.67. The fourth-order valence-corrected chi connectivity index (χ4v) is 3.81. The number of fused-ring (bicyclic) bond motifs is 1. The van der Waals surface area contributed by atoms with E-state index in [2.05, 4.69) is 15.3 Å². The molecule has 0 bridgehead atoms. The second-order valence-corrected chi connectivity index (χ2v) is 7.25. The van der Waals surface area contributed by atoms with Crippen molar-refractivity contribution in [3.05, 3.63) is 94.8 Å². The number of aryl methyl sites for hydroxylation is 1. The van der Waals surface area contributed by atoms with E-state index in [0.717, 1.165) is 26.4 Å². The summed E-state index contributed by atoms with van der Waals surface area (Å²) in [7, 11) is 0. The molecule has 0 aliphatic heterocycles. The lowest BCUT2D eigenvalue weighted by atomic mass is 9.99. The first-order valence-corrected chi connectivity index (χ1v) is 9.15. The summed E-state index contributed by atoms with van der Waals surface area (Å²) >= 11 is 1.59. The van der Waals surface area contributed by atoms with Crippen LogP contribution < -0.4 is 5.32 Å². The number of carbonyl (C=O) groups excluding carboxylic acids is 1. The Kier molecular flexibility index (Phi) is 4.46. The highest BCUT2D eigenvalue weighted by Crippen LogP contribution is 2.25. The smallest absolute Gasteiger partial charge is 0.252 e. The number of aromatic nitrogens is 2. The van der Waals surface area contributed by atoms with Gasteiger partial charge in [0.1, 0.15) is 0 Å². The van der Waals surface area contributed by atoms with E-state index in [9.17, 15) is 4.79 Å². The van der Waals surface area contributed by atoms with Gasteiger partial charge in [0, 0.05) is 18.0 Å². The van der Waals surface area contributed by atoms with Gasteiger partial charge < -0.3 is 5.32 Å². The zero-order valence-electron chi connectivity index (χ0n) is 14.2. The van der Waals surface area contributed by atoms with E-state index in [0.29, 0.717) is 5.56 Å². The van der Waals surface area contributed by atoms with E-state index in [-0.39, 0.29) is 11.9 Å². The van der Waals surface area contributed by atoms with Crippen molar-refractivity contribution < 1.29 is 4.79 Å². The number of carbonyl (C=O) groups is 1. The Labute approximate surface area is 155 Å². The van der Waals surface area contributed by atoms with Crippen LogP contribution in [0.1, 0.15) is 32.5 Å². The first-order valence-electron chi connectivity index (χ1n) is 8.33. The molecule has 128 valence electrons. The molecule has 1 atom stereocenters. The lowest BCUT2D eigenvalue weighted by molar-refractivity contribution is 0.0943. The molecule has 0 spiro atoms. The lowest BCUT2D eigenvalue weighted by Crippen LogP contribution is -2.29. The Morgan fingerprint density at radius 2 is 1.85 bits per heavy atom. The molecule has 0 aliphatic carbocycles. The van der Waals surface area contributed by atoms with Gasteiger partial charge in [-0.15, -0.1) is 11.3 Å². The van der Waals surface area contributed by atoms with Crippen molar-refractivity contribution in [1.29, 1.82) is 0 Å². The molecule has 0 radical (unpaired) electrons. The third-order valence-electron chi connectivity index (χ3n) is 4.18. The molecule has 0 aliphatic rings. The van der Waals surface area contributed by atoms with Crippen molar-refractivity contribution >= 4 is 27.5 Å². The maximum absolute atomic E-state index is 12.9. The standard InChI is InChI=1S/C21H17N3OS/c1-14-23-18-10-9-16(12-19(18)26-14)21(25)24-20(15-6-3-2-4-7-15)17-8-5-11-22-13-17/h2-13,20H,1H3,(H,24,25)/t20-/m1/s1. The number of hydrogen-bond donors (Lipinski definition) is 1. The number of nitrogens with zero attached hydrogens (tertiary/aromatic N) is 2. The predicted octanol–water partition coefficient (Wildman–Crippen LogP) is 4.52. The van der Waals surface area contributed by atoms with Crippen molar-refractivity contribution in [1.82, 2.24) is 15.3 Å². The second kappa shape index (κ2) is 7.06. The lowest BCUT2D eigenvalue weighted by Gasteiger charge is -2.19. The average molecular weight is 359 g/mol.